The molecule has 0 spiro atoms. The Morgan fingerprint density at radius 2 is 1.84 bits per heavy atom. The number of fused-ring (bicyclic) bond motifs is 1. The van der Waals surface area contributed by atoms with Crippen LogP contribution < -0.4 is 19.1 Å². The SMILES string of the molecule is CCCCS(=O)(=O)Oc1ccc(-c2ccc3c(c2CO)N(C)C(=O)C(C)(C)N3)c(OC)c1. The molecular weight excluding hydrogens is 432 g/mol. The molecular formula is C23H30N2O6S. The number of carbonyl (C=O) groups excluding carboxylic acids is 1. The maximum atomic E-state index is 12.8. The zero-order chi connectivity index (χ0) is 23.7. The minimum atomic E-state index is -3.70. The molecule has 0 saturated carbocycles. The molecule has 0 aliphatic carbocycles. The topological polar surface area (TPSA) is 105 Å². The summed E-state index contributed by atoms with van der Waals surface area (Å²) in [5.41, 5.74) is 2.44. The average molecular weight is 463 g/mol. The zero-order valence-corrected chi connectivity index (χ0v) is 19.9. The molecule has 32 heavy (non-hydrogen) atoms. The van der Waals surface area contributed by atoms with Crippen molar-refractivity contribution in [1.82, 2.24) is 0 Å². The molecule has 1 aliphatic rings. The highest BCUT2D eigenvalue weighted by Crippen LogP contribution is 2.44. The van der Waals surface area contributed by atoms with E-state index in [1.807, 2.05) is 19.1 Å². The molecule has 0 fully saturated rings. The van der Waals surface area contributed by atoms with E-state index < -0.39 is 15.7 Å². The van der Waals surface area contributed by atoms with Crippen LogP contribution >= 0.6 is 0 Å². The number of aliphatic hydroxyl groups is 1. The van der Waals surface area contributed by atoms with Crippen molar-refractivity contribution in [2.75, 3.05) is 30.1 Å². The van der Waals surface area contributed by atoms with E-state index in [1.54, 1.807) is 37.9 Å². The second-order valence-electron chi connectivity index (χ2n) is 8.32. The summed E-state index contributed by atoms with van der Waals surface area (Å²) in [6, 6.07) is 8.45. The van der Waals surface area contributed by atoms with Gasteiger partial charge in [0.15, 0.2) is 0 Å². The number of unbranched alkanes of at least 4 members (excludes halogenated alkanes) is 1. The Balaban J connectivity index is 2.06. The number of anilines is 2. The van der Waals surface area contributed by atoms with Gasteiger partial charge >= 0.3 is 10.1 Å². The van der Waals surface area contributed by atoms with Crippen LogP contribution in [0.15, 0.2) is 30.3 Å². The van der Waals surface area contributed by atoms with Gasteiger partial charge in [-0.2, -0.15) is 8.42 Å². The largest absolute Gasteiger partial charge is 0.496 e. The molecule has 8 nitrogen and oxygen atoms in total. The fourth-order valence-electron chi connectivity index (χ4n) is 3.90. The number of hydrogen-bond donors (Lipinski definition) is 2. The summed E-state index contributed by atoms with van der Waals surface area (Å²) >= 11 is 0. The van der Waals surface area contributed by atoms with Crippen molar-refractivity contribution < 1.29 is 27.2 Å². The average Bonchev–Trinajstić information content (AvgIpc) is 2.75. The standard InChI is InChI=1S/C23H30N2O6S/c1-6-7-12-32(28,29)31-15-8-9-17(20(13-15)30-5)16-10-11-19-21(18(16)14-26)25(4)22(27)23(2,3)24-19/h8-11,13,24,26H,6-7,12,14H2,1-5H3. The molecule has 1 aliphatic heterocycles. The maximum Gasteiger partial charge on any atom is 0.309 e. The Hall–Kier alpha value is -2.78. The van der Waals surface area contributed by atoms with E-state index in [0.717, 1.165) is 12.1 Å². The van der Waals surface area contributed by atoms with Crippen LogP contribution in [0, 0.1) is 0 Å². The molecule has 0 aromatic heterocycles. The van der Waals surface area contributed by atoms with E-state index in [9.17, 15) is 18.3 Å². The first-order valence-corrected chi connectivity index (χ1v) is 12.1. The number of aliphatic hydroxyl groups excluding tert-OH is 1. The third kappa shape index (κ3) is 4.54. The molecule has 3 rings (SSSR count). The lowest BCUT2D eigenvalue weighted by Gasteiger charge is -2.39. The number of methoxy groups -OCH3 is 1. The van der Waals surface area contributed by atoms with Gasteiger partial charge in [0.2, 0.25) is 0 Å². The fraction of sp³-hybridized carbons (Fsp3) is 0.435. The lowest BCUT2D eigenvalue weighted by atomic mass is 9.92. The number of amides is 1. The number of nitrogens with zero attached hydrogens (tertiary/aromatic N) is 1. The third-order valence-electron chi connectivity index (χ3n) is 5.50. The highest BCUT2D eigenvalue weighted by Gasteiger charge is 2.38. The van der Waals surface area contributed by atoms with Crippen molar-refractivity contribution >= 4 is 27.4 Å². The minimum absolute atomic E-state index is 0.0588. The molecule has 0 bridgehead atoms. The van der Waals surface area contributed by atoms with Gasteiger partial charge in [-0.05, 0) is 44.0 Å². The van der Waals surface area contributed by atoms with E-state index in [1.165, 1.54) is 13.2 Å². The monoisotopic (exact) mass is 462 g/mol. The lowest BCUT2D eigenvalue weighted by Crippen LogP contribution is -2.52. The normalized spacial score (nSPS) is 15.2. The minimum Gasteiger partial charge on any atom is -0.496 e. The predicted octanol–water partition coefficient (Wildman–Crippen LogP) is 3.53. The van der Waals surface area contributed by atoms with E-state index >= 15 is 0 Å². The number of nitrogens with one attached hydrogen (secondary N) is 1. The summed E-state index contributed by atoms with van der Waals surface area (Å²) < 4.78 is 35.0. The van der Waals surface area contributed by atoms with E-state index in [0.29, 0.717) is 34.5 Å². The Labute approximate surface area is 189 Å². The van der Waals surface area contributed by atoms with Gasteiger partial charge in [0, 0.05) is 24.2 Å². The summed E-state index contributed by atoms with van der Waals surface area (Å²) in [5, 5.41) is 13.4. The lowest BCUT2D eigenvalue weighted by molar-refractivity contribution is -0.121. The highest BCUT2D eigenvalue weighted by molar-refractivity contribution is 7.87. The van der Waals surface area contributed by atoms with Gasteiger partial charge in [0.25, 0.3) is 5.91 Å². The molecule has 0 saturated heterocycles. The van der Waals surface area contributed by atoms with Crippen molar-refractivity contribution in [3.8, 4) is 22.6 Å². The van der Waals surface area contributed by atoms with Crippen LogP contribution in [0.4, 0.5) is 11.4 Å². The quantitative estimate of drug-likeness (QED) is 0.578. The van der Waals surface area contributed by atoms with Crippen LogP contribution in [-0.2, 0) is 21.5 Å². The first-order valence-electron chi connectivity index (χ1n) is 10.5. The van der Waals surface area contributed by atoms with Gasteiger partial charge in [-0.3, -0.25) is 4.79 Å². The molecule has 2 N–H and O–H groups in total. The van der Waals surface area contributed by atoms with Crippen LogP contribution in [-0.4, -0.2) is 44.9 Å². The summed E-state index contributed by atoms with van der Waals surface area (Å²) in [7, 11) is -0.537. The Kier molecular flexibility index (Phi) is 6.71. The first-order chi connectivity index (χ1) is 15.0. The van der Waals surface area contributed by atoms with Crippen molar-refractivity contribution in [2.24, 2.45) is 0 Å². The molecule has 0 unspecified atom stereocenters. The Bertz CT molecular complexity index is 1130. The second-order valence-corrected chi connectivity index (χ2v) is 10.0. The molecule has 1 amide bonds. The predicted molar refractivity (Wildman–Crippen MR) is 125 cm³/mol. The van der Waals surface area contributed by atoms with Gasteiger partial charge in [0.1, 0.15) is 17.0 Å². The van der Waals surface area contributed by atoms with Crippen LogP contribution in [0.2, 0.25) is 0 Å². The van der Waals surface area contributed by atoms with Gasteiger partial charge < -0.3 is 24.2 Å². The Morgan fingerprint density at radius 3 is 2.47 bits per heavy atom. The van der Waals surface area contributed by atoms with Crippen molar-refractivity contribution in [3.63, 3.8) is 0 Å². The number of hydrogen-bond acceptors (Lipinski definition) is 7. The maximum absolute atomic E-state index is 12.8. The number of carbonyl (C=O) groups is 1. The molecule has 2 aromatic rings. The van der Waals surface area contributed by atoms with Crippen molar-refractivity contribution in [3.05, 3.63) is 35.9 Å². The third-order valence-corrected chi connectivity index (χ3v) is 6.73. The zero-order valence-electron chi connectivity index (χ0n) is 19.1. The number of benzene rings is 2. The smallest absolute Gasteiger partial charge is 0.309 e. The van der Waals surface area contributed by atoms with E-state index in [2.05, 4.69) is 5.32 Å². The number of likely N-dealkylation sites (N-methyl/N-ethyl adjacent to an activating group) is 1. The van der Waals surface area contributed by atoms with Gasteiger partial charge in [-0.25, -0.2) is 0 Å². The molecule has 1 heterocycles. The fourth-order valence-corrected chi connectivity index (χ4v) is 5.02. The van der Waals surface area contributed by atoms with Gasteiger partial charge in [-0.1, -0.05) is 19.4 Å². The second kappa shape index (κ2) is 8.99. The molecule has 0 atom stereocenters. The summed E-state index contributed by atoms with van der Waals surface area (Å²) in [5.74, 6) is 0.364. The van der Waals surface area contributed by atoms with Gasteiger partial charge in [-0.15, -0.1) is 0 Å². The van der Waals surface area contributed by atoms with Crippen LogP contribution in [0.25, 0.3) is 11.1 Å². The van der Waals surface area contributed by atoms with Crippen molar-refractivity contribution in [2.45, 2.75) is 45.8 Å². The summed E-state index contributed by atoms with van der Waals surface area (Å²) in [6.45, 7) is 5.21. The molecule has 2 aromatic carbocycles. The highest BCUT2D eigenvalue weighted by atomic mass is 32.2. The van der Waals surface area contributed by atoms with Crippen molar-refractivity contribution in [1.29, 1.82) is 0 Å². The first kappa shape index (κ1) is 23.9. The number of rotatable bonds is 8. The van der Waals surface area contributed by atoms with E-state index in [-0.39, 0.29) is 24.0 Å². The molecule has 0 radical (unpaired) electrons. The summed E-state index contributed by atoms with van der Waals surface area (Å²) in [4.78, 5) is 14.3. The molecule has 174 valence electrons. The van der Waals surface area contributed by atoms with Gasteiger partial charge in [0.05, 0.1) is 30.8 Å². The summed E-state index contributed by atoms with van der Waals surface area (Å²) in [6.07, 6.45) is 1.26. The Morgan fingerprint density at radius 1 is 1.16 bits per heavy atom. The molecule has 9 heteroatoms. The van der Waals surface area contributed by atoms with Crippen LogP contribution in [0.3, 0.4) is 0 Å². The van der Waals surface area contributed by atoms with E-state index in [4.69, 9.17) is 8.92 Å². The van der Waals surface area contributed by atoms with Crippen LogP contribution in [0.5, 0.6) is 11.5 Å². The van der Waals surface area contributed by atoms with Crippen LogP contribution in [0.1, 0.15) is 39.2 Å². The number of ether oxygens (including phenoxy) is 1.